The molecular formula is C22H23NO4. The Balaban J connectivity index is 1.74. The summed E-state index contributed by atoms with van der Waals surface area (Å²) in [5, 5.41) is 12.6. The monoisotopic (exact) mass is 365 g/mol. The van der Waals surface area contributed by atoms with Gasteiger partial charge in [0.05, 0.1) is 25.8 Å². The Morgan fingerprint density at radius 1 is 1.26 bits per heavy atom. The number of hydrogen-bond donors (Lipinski definition) is 1. The quantitative estimate of drug-likeness (QED) is 0.841. The molecule has 2 aliphatic heterocycles. The van der Waals surface area contributed by atoms with Crippen LogP contribution in [0.1, 0.15) is 39.9 Å². The van der Waals surface area contributed by atoms with Crippen molar-refractivity contribution in [3.8, 4) is 17.2 Å². The second-order valence-corrected chi connectivity index (χ2v) is 7.19. The van der Waals surface area contributed by atoms with Crippen molar-refractivity contribution in [2.45, 2.75) is 26.3 Å². The van der Waals surface area contributed by atoms with Gasteiger partial charge in [-0.05, 0) is 24.6 Å². The van der Waals surface area contributed by atoms with Crippen LogP contribution in [-0.2, 0) is 6.54 Å². The zero-order chi connectivity index (χ0) is 19.0. The number of Topliss-reactive ketones (excluding diaryl/α,β-unsaturated/α-hetero) is 1. The standard InChI is InChI=1S/C22H23NO4/c1-14-11-17(24)16(13-23-9-5-6-10-23)22-20(14)21(25)19(27-22)12-15-7-3-4-8-18(15)26-2/h3-4,7-8,11-12,24H,5-6,9-10,13H2,1-2H3. The Morgan fingerprint density at radius 3 is 2.74 bits per heavy atom. The van der Waals surface area contributed by atoms with Crippen LogP contribution in [0, 0.1) is 6.92 Å². The summed E-state index contributed by atoms with van der Waals surface area (Å²) in [6, 6.07) is 9.02. The Morgan fingerprint density at radius 2 is 2.00 bits per heavy atom. The van der Waals surface area contributed by atoms with Crippen molar-refractivity contribution in [3.05, 3.63) is 58.3 Å². The predicted octanol–water partition coefficient (Wildman–Crippen LogP) is 1.87. The van der Waals surface area contributed by atoms with Gasteiger partial charge in [-0.3, -0.25) is 4.79 Å². The lowest BCUT2D eigenvalue weighted by atomic mass is 9.99. The van der Waals surface area contributed by atoms with Crippen molar-refractivity contribution in [1.29, 1.82) is 0 Å². The van der Waals surface area contributed by atoms with Gasteiger partial charge < -0.3 is 19.5 Å². The SMILES string of the molecule is COc1ccccc1C=C1Oc2c(C[NH+]3CCCC3)c([O-])cc(C)c2C1=O. The number of benzene rings is 2. The number of carbonyl (C=O) groups is 1. The Bertz CT molecular complexity index is 926. The zero-order valence-electron chi connectivity index (χ0n) is 15.6. The first-order valence-electron chi connectivity index (χ1n) is 9.33. The van der Waals surface area contributed by atoms with E-state index in [4.69, 9.17) is 9.47 Å². The van der Waals surface area contributed by atoms with E-state index in [1.807, 2.05) is 24.3 Å². The minimum atomic E-state index is -0.175. The number of aryl methyl sites for hydroxylation is 1. The summed E-state index contributed by atoms with van der Waals surface area (Å²) in [5.41, 5.74) is 2.57. The molecule has 2 aromatic rings. The third kappa shape index (κ3) is 3.19. The summed E-state index contributed by atoms with van der Waals surface area (Å²) in [6.45, 7) is 4.51. The Labute approximate surface area is 158 Å². The maximum atomic E-state index is 13.0. The normalized spacial score (nSPS) is 18.0. The molecule has 5 nitrogen and oxygen atoms in total. The molecule has 0 aromatic heterocycles. The predicted molar refractivity (Wildman–Crippen MR) is 100 cm³/mol. The van der Waals surface area contributed by atoms with Gasteiger partial charge in [-0.1, -0.05) is 30.0 Å². The number of rotatable bonds is 4. The average molecular weight is 365 g/mol. The number of methoxy groups -OCH3 is 1. The summed E-state index contributed by atoms with van der Waals surface area (Å²) in [7, 11) is 1.59. The number of ketones is 1. The lowest BCUT2D eigenvalue weighted by Crippen LogP contribution is -3.08. The van der Waals surface area contributed by atoms with Gasteiger partial charge in [-0.15, -0.1) is 0 Å². The molecule has 140 valence electrons. The molecule has 1 saturated heterocycles. The van der Waals surface area contributed by atoms with Crippen LogP contribution >= 0.6 is 0 Å². The molecule has 0 bridgehead atoms. The molecule has 0 saturated carbocycles. The van der Waals surface area contributed by atoms with Crippen molar-refractivity contribution in [3.63, 3.8) is 0 Å². The minimum absolute atomic E-state index is 0.0445. The fraction of sp³-hybridized carbons (Fsp3) is 0.318. The Kier molecular flexibility index (Phi) is 4.62. The van der Waals surface area contributed by atoms with E-state index in [0.29, 0.717) is 34.7 Å². The number of quaternary nitrogens is 1. The number of allylic oxidation sites excluding steroid dienone is 1. The molecule has 2 aromatic carbocycles. The highest BCUT2D eigenvalue weighted by atomic mass is 16.5. The molecule has 0 amide bonds. The summed E-state index contributed by atoms with van der Waals surface area (Å²) < 4.78 is 11.3. The van der Waals surface area contributed by atoms with E-state index < -0.39 is 0 Å². The summed E-state index contributed by atoms with van der Waals surface area (Å²) in [6.07, 6.45) is 4.05. The number of ether oxygens (including phenoxy) is 2. The van der Waals surface area contributed by atoms with Crippen LogP contribution in [-0.4, -0.2) is 26.0 Å². The van der Waals surface area contributed by atoms with Crippen molar-refractivity contribution in [2.75, 3.05) is 20.2 Å². The fourth-order valence-electron chi connectivity index (χ4n) is 3.96. The molecule has 0 spiro atoms. The number of nitrogens with one attached hydrogen (secondary N) is 1. The fourth-order valence-corrected chi connectivity index (χ4v) is 3.96. The van der Waals surface area contributed by atoms with Crippen LogP contribution in [0.15, 0.2) is 36.1 Å². The zero-order valence-corrected chi connectivity index (χ0v) is 15.6. The van der Waals surface area contributed by atoms with Crippen molar-refractivity contribution in [2.24, 2.45) is 0 Å². The van der Waals surface area contributed by atoms with E-state index >= 15 is 0 Å². The highest BCUT2D eigenvalue weighted by Gasteiger charge is 2.33. The van der Waals surface area contributed by atoms with Crippen molar-refractivity contribution < 1.29 is 24.3 Å². The lowest BCUT2D eigenvalue weighted by molar-refractivity contribution is -0.901. The molecule has 5 heteroatoms. The van der Waals surface area contributed by atoms with Crippen LogP contribution in [0.25, 0.3) is 6.08 Å². The van der Waals surface area contributed by atoms with Crippen LogP contribution in [0.5, 0.6) is 17.2 Å². The van der Waals surface area contributed by atoms with Crippen LogP contribution in [0.3, 0.4) is 0 Å². The maximum Gasteiger partial charge on any atom is 0.232 e. The molecule has 1 fully saturated rings. The van der Waals surface area contributed by atoms with Gasteiger partial charge in [-0.2, -0.15) is 0 Å². The smallest absolute Gasteiger partial charge is 0.232 e. The summed E-state index contributed by atoms with van der Waals surface area (Å²) >= 11 is 0. The molecule has 0 unspecified atom stereocenters. The van der Waals surface area contributed by atoms with Crippen LogP contribution in [0.2, 0.25) is 0 Å². The number of fused-ring (bicyclic) bond motifs is 1. The number of likely N-dealkylation sites (tertiary alicyclic amines) is 1. The highest BCUT2D eigenvalue weighted by Crippen LogP contribution is 2.41. The van der Waals surface area contributed by atoms with Gasteiger partial charge in [0.25, 0.3) is 0 Å². The van der Waals surface area contributed by atoms with Crippen LogP contribution < -0.4 is 19.5 Å². The van der Waals surface area contributed by atoms with Gasteiger partial charge in [0.1, 0.15) is 18.0 Å². The van der Waals surface area contributed by atoms with Gasteiger partial charge in [0, 0.05) is 24.0 Å². The molecule has 4 rings (SSSR count). The van der Waals surface area contributed by atoms with Crippen molar-refractivity contribution in [1.82, 2.24) is 0 Å². The topological polar surface area (TPSA) is 63.0 Å². The lowest BCUT2D eigenvalue weighted by Gasteiger charge is -2.20. The maximum absolute atomic E-state index is 13.0. The highest BCUT2D eigenvalue weighted by molar-refractivity contribution is 6.16. The second-order valence-electron chi connectivity index (χ2n) is 7.19. The minimum Gasteiger partial charge on any atom is -0.872 e. The van der Waals surface area contributed by atoms with E-state index in [9.17, 15) is 9.90 Å². The first kappa shape index (κ1) is 17.6. The van der Waals surface area contributed by atoms with Gasteiger partial charge in [0.15, 0.2) is 5.76 Å². The average Bonchev–Trinajstić information content (AvgIpc) is 3.28. The first-order valence-corrected chi connectivity index (χ1v) is 9.33. The molecule has 0 radical (unpaired) electrons. The van der Waals surface area contributed by atoms with E-state index in [1.54, 1.807) is 26.2 Å². The molecule has 1 N–H and O–H groups in total. The molecular weight excluding hydrogens is 342 g/mol. The van der Waals surface area contributed by atoms with E-state index in [-0.39, 0.29) is 17.3 Å². The third-order valence-corrected chi connectivity index (χ3v) is 5.37. The van der Waals surface area contributed by atoms with Gasteiger partial charge >= 0.3 is 0 Å². The van der Waals surface area contributed by atoms with E-state index in [2.05, 4.69) is 0 Å². The summed E-state index contributed by atoms with van der Waals surface area (Å²) in [5.74, 6) is 1.13. The number of para-hydroxylation sites is 1. The van der Waals surface area contributed by atoms with E-state index in [1.165, 1.54) is 17.7 Å². The number of hydrogen-bond acceptors (Lipinski definition) is 4. The summed E-state index contributed by atoms with van der Waals surface area (Å²) in [4.78, 5) is 14.4. The number of carbonyl (C=O) groups excluding carboxylic acids is 1. The first-order chi connectivity index (χ1) is 13.1. The molecule has 27 heavy (non-hydrogen) atoms. The molecule has 2 heterocycles. The molecule has 2 aliphatic rings. The van der Waals surface area contributed by atoms with Crippen LogP contribution in [0.4, 0.5) is 0 Å². The molecule has 0 aliphatic carbocycles. The van der Waals surface area contributed by atoms with E-state index in [0.717, 1.165) is 18.7 Å². The van der Waals surface area contributed by atoms with Gasteiger partial charge in [0.2, 0.25) is 5.78 Å². The van der Waals surface area contributed by atoms with Crippen molar-refractivity contribution >= 4 is 11.9 Å². The largest absolute Gasteiger partial charge is 0.872 e. The Hall–Kier alpha value is -2.79. The molecule has 0 atom stereocenters. The van der Waals surface area contributed by atoms with Gasteiger partial charge in [-0.25, -0.2) is 0 Å². The third-order valence-electron chi connectivity index (χ3n) is 5.37. The second kappa shape index (κ2) is 7.08.